The molecule has 0 spiro atoms. The average Bonchev–Trinajstić information content (AvgIpc) is 2.75. The van der Waals surface area contributed by atoms with Gasteiger partial charge in [0.2, 0.25) is 0 Å². The van der Waals surface area contributed by atoms with Crippen molar-refractivity contribution in [3.8, 4) is 5.75 Å². The van der Waals surface area contributed by atoms with Crippen molar-refractivity contribution in [2.24, 2.45) is 0 Å². The van der Waals surface area contributed by atoms with Crippen molar-refractivity contribution >= 4 is 33.1 Å². The molecule has 9 heteroatoms. The topological polar surface area (TPSA) is 43.4 Å². The fourth-order valence-electron chi connectivity index (χ4n) is 1.36. The minimum absolute atomic E-state index is 0.191. The molecule has 0 aliphatic carbocycles. The van der Waals surface area contributed by atoms with Gasteiger partial charge in [-0.05, 0) is 24.3 Å². The lowest BCUT2D eigenvalue weighted by Crippen LogP contribution is -2.13. The van der Waals surface area contributed by atoms with E-state index < -0.39 is 27.6 Å². The quantitative estimate of drug-likeness (QED) is 0.786. The van der Waals surface area contributed by atoms with Crippen molar-refractivity contribution in [2.45, 2.75) is 10.4 Å². The zero-order valence-electron chi connectivity index (χ0n) is 9.52. The third kappa shape index (κ3) is 3.25. The minimum atomic E-state index is -4.71. The Morgan fingerprint density at radius 2 is 1.75 bits per heavy atom. The van der Waals surface area contributed by atoms with Crippen LogP contribution in [0.1, 0.15) is 5.56 Å². The Hall–Kier alpha value is -1.25. The smallest absolute Gasteiger partial charge is 0.378 e. The molecule has 0 saturated heterocycles. The van der Waals surface area contributed by atoms with E-state index in [2.05, 4.69) is 4.18 Å². The van der Waals surface area contributed by atoms with Crippen LogP contribution in [-0.2, 0) is 16.3 Å². The molecule has 0 amide bonds. The maximum atomic E-state index is 12.7. The van der Waals surface area contributed by atoms with Gasteiger partial charge in [0.25, 0.3) is 0 Å². The highest BCUT2D eigenvalue weighted by molar-refractivity contribution is 7.89. The van der Waals surface area contributed by atoms with E-state index in [1.807, 2.05) is 0 Å². The predicted molar refractivity (Wildman–Crippen MR) is 68.6 cm³/mol. The molecular weight excluding hydrogens is 337 g/mol. The molecule has 0 fully saturated rings. The second kappa shape index (κ2) is 5.27. The number of rotatable bonds is 3. The standard InChI is InChI=1S/C11H6ClF3O3S2/c12-9-5-6-10(19-9)20(16,17)18-8-4-2-1-3-7(8)11(13,14)15/h1-6H. The van der Waals surface area contributed by atoms with Crippen LogP contribution in [0.3, 0.4) is 0 Å². The summed E-state index contributed by atoms with van der Waals surface area (Å²) in [5.41, 5.74) is -1.16. The molecule has 2 rings (SSSR count). The Labute approximate surface area is 121 Å². The summed E-state index contributed by atoms with van der Waals surface area (Å²) in [6.45, 7) is 0. The summed E-state index contributed by atoms with van der Waals surface area (Å²) in [5.74, 6) is -0.774. The third-order valence-corrected chi connectivity index (χ3v) is 5.10. The van der Waals surface area contributed by atoms with Gasteiger partial charge in [-0.3, -0.25) is 0 Å². The normalized spacial score (nSPS) is 12.4. The molecule has 1 aromatic carbocycles. The Bertz CT molecular complexity index is 723. The van der Waals surface area contributed by atoms with E-state index in [0.29, 0.717) is 11.3 Å². The zero-order chi connectivity index (χ0) is 15.0. The van der Waals surface area contributed by atoms with Gasteiger partial charge < -0.3 is 4.18 Å². The molecular formula is C11H6ClF3O3S2. The van der Waals surface area contributed by atoms with Crippen LogP contribution in [0, 0.1) is 0 Å². The van der Waals surface area contributed by atoms with Gasteiger partial charge in [0.15, 0.2) is 9.96 Å². The van der Waals surface area contributed by atoms with Crippen LogP contribution >= 0.6 is 22.9 Å². The first-order valence-electron chi connectivity index (χ1n) is 5.06. The number of halogens is 4. The first-order chi connectivity index (χ1) is 9.20. The second-order valence-electron chi connectivity index (χ2n) is 3.59. The van der Waals surface area contributed by atoms with Gasteiger partial charge in [0.1, 0.15) is 0 Å². The van der Waals surface area contributed by atoms with Crippen molar-refractivity contribution in [1.29, 1.82) is 0 Å². The molecule has 1 aromatic heterocycles. The molecule has 0 saturated carbocycles. The van der Waals surface area contributed by atoms with Crippen molar-refractivity contribution in [1.82, 2.24) is 0 Å². The Morgan fingerprint density at radius 1 is 1.10 bits per heavy atom. The SMILES string of the molecule is O=S(=O)(Oc1ccccc1C(F)(F)F)c1ccc(Cl)s1. The van der Waals surface area contributed by atoms with Gasteiger partial charge in [-0.25, -0.2) is 0 Å². The Morgan fingerprint density at radius 3 is 2.30 bits per heavy atom. The van der Waals surface area contributed by atoms with Crippen molar-refractivity contribution < 1.29 is 25.8 Å². The summed E-state index contributed by atoms with van der Waals surface area (Å²) in [5, 5.41) is 0. The average molecular weight is 343 g/mol. The molecule has 2 aromatic rings. The van der Waals surface area contributed by atoms with E-state index in [1.54, 1.807) is 0 Å². The summed E-state index contributed by atoms with van der Waals surface area (Å²) < 4.78 is 66.4. The minimum Gasteiger partial charge on any atom is -0.378 e. The lowest BCUT2D eigenvalue weighted by Gasteiger charge is -2.12. The van der Waals surface area contributed by atoms with Crippen LogP contribution in [0.5, 0.6) is 5.75 Å². The van der Waals surface area contributed by atoms with Crippen LogP contribution in [0.25, 0.3) is 0 Å². The van der Waals surface area contributed by atoms with Gasteiger partial charge in [-0.1, -0.05) is 23.7 Å². The zero-order valence-corrected chi connectivity index (χ0v) is 11.9. The van der Waals surface area contributed by atoms with Gasteiger partial charge in [0, 0.05) is 0 Å². The number of hydrogen-bond acceptors (Lipinski definition) is 4. The number of thiophene rings is 1. The fraction of sp³-hybridized carbons (Fsp3) is 0.0909. The first kappa shape index (κ1) is 15.1. The Balaban J connectivity index is 2.40. The third-order valence-electron chi connectivity index (χ3n) is 2.19. The molecule has 0 N–H and O–H groups in total. The summed E-state index contributed by atoms with van der Waals surface area (Å²) in [7, 11) is -4.34. The fourth-order valence-corrected chi connectivity index (χ4v) is 3.76. The molecule has 0 aliphatic heterocycles. The van der Waals surface area contributed by atoms with Crippen LogP contribution in [-0.4, -0.2) is 8.42 Å². The molecule has 0 atom stereocenters. The Kier molecular flexibility index (Phi) is 3.99. The summed E-state index contributed by atoms with van der Waals surface area (Å²) in [6.07, 6.45) is -4.71. The lowest BCUT2D eigenvalue weighted by atomic mass is 10.2. The highest BCUT2D eigenvalue weighted by atomic mass is 35.5. The molecule has 20 heavy (non-hydrogen) atoms. The highest BCUT2D eigenvalue weighted by Crippen LogP contribution is 2.37. The van der Waals surface area contributed by atoms with Crippen LogP contribution in [0.2, 0.25) is 4.34 Å². The van der Waals surface area contributed by atoms with Gasteiger partial charge in [-0.15, -0.1) is 11.3 Å². The van der Waals surface area contributed by atoms with E-state index in [0.717, 1.165) is 18.2 Å². The first-order valence-corrected chi connectivity index (χ1v) is 7.66. The summed E-state index contributed by atoms with van der Waals surface area (Å²) in [4.78, 5) is 0. The summed E-state index contributed by atoms with van der Waals surface area (Å²) in [6, 6.07) is 6.56. The highest BCUT2D eigenvalue weighted by Gasteiger charge is 2.35. The van der Waals surface area contributed by atoms with Crippen LogP contribution in [0.15, 0.2) is 40.6 Å². The molecule has 108 valence electrons. The molecule has 0 radical (unpaired) electrons. The van der Waals surface area contributed by atoms with Crippen LogP contribution < -0.4 is 4.18 Å². The van der Waals surface area contributed by atoms with E-state index in [4.69, 9.17) is 11.6 Å². The van der Waals surface area contributed by atoms with Crippen LogP contribution in [0.4, 0.5) is 13.2 Å². The van der Waals surface area contributed by atoms with E-state index >= 15 is 0 Å². The van der Waals surface area contributed by atoms with E-state index in [1.165, 1.54) is 18.2 Å². The number of alkyl halides is 3. The molecule has 0 aliphatic rings. The largest absolute Gasteiger partial charge is 0.420 e. The lowest BCUT2D eigenvalue weighted by molar-refractivity contribution is -0.138. The predicted octanol–water partition coefficient (Wildman–Crippen LogP) is 4.19. The monoisotopic (exact) mass is 342 g/mol. The maximum absolute atomic E-state index is 12.7. The van der Waals surface area contributed by atoms with Crippen molar-refractivity contribution in [2.75, 3.05) is 0 Å². The van der Waals surface area contributed by atoms with Crippen molar-refractivity contribution in [3.63, 3.8) is 0 Å². The molecule has 1 heterocycles. The van der Waals surface area contributed by atoms with Gasteiger partial charge in [0.05, 0.1) is 9.90 Å². The number of benzene rings is 1. The van der Waals surface area contributed by atoms with E-state index in [9.17, 15) is 21.6 Å². The second-order valence-corrected chi connectivity index (χ2v) is 7.08. The number of para-hydroxylation sites is 1. The number of hydrogen-bond donors (Lipinski definition) is 0. The molecule has 0 bridgehead atoms. The molecule has 0 unspecified atom stereocenters. The van der Waals surface area contributed by atoms with E-state index in [-0.39, 0.29) is 8.55 Å². The van der Waals surface area contributed by atoms with Gasteiger partial charge >= 0.3 is 16.3 Å². The molecule has 3 nitrogen and oxygen atoms in total. The summed E-state index contributed by atoms with van der Waals surface area (Å²) >= 11 is 6.29. The van der Waals surface area contributed by atoms with Gasteiger partial charge in [-0.2, -0.15) is 21.6 Å². The van der Waals surface area contributed by atoms with Crippen molar-refractivity contribution in [3.05, 3.63) is 46.3 Å². The maximum Gasteiger partial charge on any atom is 0.420 e.